The lowest BCUT2D eigenvalue weighted by Crippen LogP contribution is -2.15. The summed E-state index contributed by atoms with van der Waals surface area (Å²) in [6.07, 6.45) is 0.668. The lowest BCUT2D eigenvalue weighted by atomic mass is 10.0. The highest BCUT2D eigenvalue weighted by Gasteiger charge is 2.25. The molecule has 0 aliphatic rings. The summed E-state index contributed by atoms with van der Waals surface area (Å²) in [5, 5.41) is 5.29. The minimum absolute atomic E-state index is 0.137. The van der Waals surface area contributed by atoms with Crippen LogP contribution in [0.5, 0.6) is 11.5 Å². The van der Waals surface area contributed by atoms with E-state index in [2.05, 4.69) is 5.32 Å². The van der Waals surface area contributed by atoms with Crippen molar-refractivity contribution < 1.29 is 23.8 Å². The van der Waals surface area contributed by atoms with Crippen LogP contribution in [0.4, 0.5) is 5.00 Å². The van der Waals surface area contributed by atoms with Crippen LogP contribution in [0.25, 0.3) is 11.1 Å². The van der Waals surface area contributed by atoms with Crippen LogP contribution in [0, 0.1) is 0 Å². The number of carbonyl (C=O) groups excluding carboxylic acids is 2. The summed E-state index contributed by atoms with van der Waals surface area (Å²) in [6.45, 7) is 2.16. The third-order valence-corrected chi connectivity index (χ3v) is 6.26. The molecule has 0 fully saturated rings. The average molecular weight is 494 g/mol. The first-order valence-corrected chi connectivity index (χ1v) is 11.3. The van der Waals surface area contributed by atoms with Gasteiger partial charge in [0, 0.05) is 10.9 Å². The number of anilines is 1. The second kappa shape index (κ2) is 10.7. The number of hydrogen-bond donors (Lipinski definition) is 1. The van der Waals surface area contributed by atoms with Crippen LogP contribution in [0.15, 0.2) is 41.8 Å². The van der Waals surface area contributed by atoms with Gasteiger partial charge in [0.05, 0.1) is 36.4 Å². The van der Waals surface area contributed by atoms with Crippen LogP contribution in [-0.2, 0) is 4.74 Å². The van der Waals surface area contributed by atoms with Crippen LogP contribution in [0.2, 0.25) is 10.0 Å². The third kappa shape index (κ3) is 5.01. The molecule has 6 nitrogen and oxygen atoms in total. The average Bonchev–Trinajstić information content (AvgIpc) is 3.22. The fourth-order valence-electron chi connectivity index (χ4n) is 2.99. The van der Waals surface area contributed by atoms with Crippen LogP contribution in [0.1, 0.15) is 34.1 Å². The Labute approximate surface area is 200 Å². The van der Waals surface area contributed by atoms with Crippen molar-refractivity contribution in [2.75, 3.05) is 26.1 Å². The summed E-state index contributed by atoms with van der Waals surface area (Å²) in [5.41, 5.74) is 1.77. The number of ether oxygens (including phenoxy) is 3. The number of benzene rings is 2. The van der Waals surface area contributed by atoms with Crippen LogP contribution < -0.4 is 14.8 Å². The van der Waals surface area contributed by atoms with Gasteiger partial charge in [0.25, 0.3) is 5.91 Å². The molecule has 3 aromatic rings. The number of esters is 1. The SMILES string of the molecule is CCCOC(=O)c1c(-c2ccc(OC)c(OC)c2)csc1NC(=O)c1cccc(Cl)c1Cl. The highest BCUT2D eigenvalue weighted by molar-refractivity contribution is 7.15. The third-order valence-electron chi connectivity index (χ3n) is 4.55. The zero-order valence-electron chi connectivity index (χ0n) is 17.7. The smallest absolute Gasteiger partial charge is 0.341 e. The number of rotatable bonds is 8. The van der Waals surface area contributed by atoms with E-state index in [-0.39, 0.29) is 27.8 Å². The summed E-state index contributed by atoms with van der Waals surface area (Å²) >= 11 is 13.4. The van der Waals surface area contributed by atoms with Gasteiger partial charge in [0.1, 0.15) is 10.6 Å². The second-order valence-corrected chi connectivity index (χ2v) is 8.28. The summed E-state index contributed by atoms with van der Waals surface area (Å²) in [7, 11) is 3.08. The van der Waals surface area contributed by atoms with Gasteiger partial charge in [-0.2, -0.15) is 0 Å². The predicted octanol–water partition coefficient (Wildman–Crippen LogP) is 6.56. The second-order valence-electron chi connectivity index (χ2n) is 6.61. The molecule has 0 bridgehead atoms. The molecule has 0 radical (unpaired) electrons. The molecule has 1 heterocycles. The normalized spacial score (nSPS) is 10.5. The van der Waals surface area contributed by atoms with Crippen molar-refractivity contribution in [2.45, 2.75) is 13.3 Å². The maximum Gasteiger partial charge on any atom is 0.341 e. The molecule has 32 heavy (non-hydrogen) atoms. The largest absolute Gasteiger partial charge is 0.493 e. The van der Waals surface area contributed by atoms with Crippen molar-refractivity contribution in [2.24, 2.45) is 0 Å². The molecule has 0 spiro atoms. The summed E-state index contributed by atoms with van der Waals surface area (Å²) < 4.78 is 16.1. The number of amides is 1. The quantitative estimate of drug-likeness (QED) is 0.359. The van der Waals surface area contributed by atoms with Gasteiger partial charge in [-0.05, 0) is 36.2 Å². The van der Waals surface area contributed by atoms with E-state index < -0.39 is 11.9 Å². The molecule has 1 N–H and O–H groups in total. The number of methoxy groups -OCH3 is 2. The van der Waals surface area contributed by atoms with Crippen LogP contribution in [-0.4, -0.2) is 32.7 Å². The topological polar surface area (TPSA) is 73.9 Å². The Morgan fingerprint density at radius 2 is 1.81 bits per heavy atom. The Morgan fingerprint density at radius 1 is 1.06 bits per heavy atom. The van der Waals surface area contributed by atoms with Gasteiger partial charge in [-0.15, -0.1) is 11.3 Å². The van der Waals surface area contributed by atoms with Gasteiger partial charge in [-0.25, -0.2) is 4.79 Å². The number of hydrogen-bond acceptors (Lipinski definition) is 6. The molecule has 0 aliphatic carbocycles. The predicted molar refractivity (Wildman–Crippen MR) is 128 cm³/mol. The first-order valence-electron chi connectivity index (χ1n) is 9.67. The minimum Gasteiger partial charge on any atom is -0.493 e. The molecule has 3 rings (SSSR count). The van der Waals surface area contributed by atoms with E-state index in [0.717, 1.165) is 0 Å². The zero-order valence-corrected chi connectivity index (χ0v) is 20.0. The molecule has 0 aliphatic heterocycles. The van der Waals surface area contributed by atoms with E-state index in [0.29, 0.717) is 34.0 Å². The minimum atomic E-state index is -0.537. The molecule has 9 heteroatoms. The Bertz CT molecular complexity index is 1150. The highest BCUT2D eigenvalue weighted by atomic mass is 35.5. The van der Waals surface area contributed by atoms with Gasteiger partial charge >= 0.3 is 5.97 Å². The lowest BCUT2D eigenvalue weighted by molar-refractivity contribution is 0.0507. The van der Waals surface area contributed by atoms with Gasteiger partial charge < -0.3 is 19.5 Å². The number of nitrogens with one attached hydrogen (secondary N) is 1. The lowest BCUT2D eigenvalue weighted by Gasteiger charge is -2.12. The molecule has 0 atom stereocenters. The van der Waals surface area contributed by atoms with E-state index in [1.165, 1.54) is 18.4 Å². The van der Waals surface area contributed by atoms with E-state index in [9.17, 15) is 9.59 Å². The first kappa shape index (κ1) is 23.9. The van der Waals surface area contributed by atoms with Crippen molar-refractivity contribution in [1.29, 1.82) is 0 Å². The Kier molecular flexibility index (Phi) is 8.01. The Hall–Kier alpha value is -2.74. The molecule has 2 aromatic carbocycles. The van der Waals surface area contributed by atoms with Crippen molar-refractivity contribution in [3.63, 3.8) is 0 Å². The fourth-order valence-corrected chi connectivity index (χ4v) is 4.32. The molecular weight excluding hydrogens is 473 g/mol. The van der Waals surface area contributed by atoms with Crippen molar-refractivity contribution in [3.8, 4) is 22.6 Å². The van der Waals surface area contributed by atoms with E-state index in [1.807, 2.05) is 6.92 Å². The van der Waals surface area contributed by atoms with Gasteiger partial charge in [-0.3, -0.25) is 4.79 Å². The maximum atomic E-state index is 12.9. The standard InChI is InChI=1S/C23H21Cl2NO5S/c1-4-10-31-23(28)19-15(13-8-9-17(29-2)18(11-13)30-3)12-32-22(19)26-21(27)14-6-5-7-16(24)20(14)25/h5-9,11-12H,4,10H2,1-3H3,(H,26,27). The highest BCUT2D eigenvalue weighted by Crippen LogP contribution is 2.40. The zero-order chi connectivity index (χ0) is 23.3. The molecule has 168 valence electrons. The van der Waals surface area contributed by atoms with E-state index in [4.69, 9.17) is 37.4 Å². The monoisotopic (exact) mass is 493 g/mol. The summed E-state index contributed by atoms with van der Waals surface area (Å²) in [4.78, 5) is 25.8. The van der Waals surface area contributed by atoms with Crippen LogP contribution >= 0.6 is 34.5 Å². The molecule has 0 saturated carbocycles. The maximum absolute atomic E-state index is 12.9. The van der Waals surface area contributed by atoms with Crippen molar-refractivity contribution in [3.05, 3.63) is 63.0 Å². The fraction of sp³-hybridized carbons (Fsp3) is 0.217. The summed E-state index contributed by atoms with van der Waals surface area (Å²) in [6, 6.07) is 10.1. The molecular formula is C23H21Cl2NO5S. The van der Waals surface area contributed by atoms with Crippen molar-refractivity contribution in [1.82, 2.24) is 0 Å². The molecule has 1 aromatic heterocycles. The van der Waals surface area contributed by atoms with Crippen LogP contribution in [0.3, 0.4) is 0 Å². The number of thiophene rings is 1. The van der Waals surface area contributed by atoms with E-state index >= 15 is 0 Å². The Balaban J connectivity index is 2.04. The number of carbonyl (C=O) groups is 2. The molecule has 1 amide bonds. The van der Waals surface area contributed by atoms with E-state index in [1.54, 1.807) is 48.9 Å². The summed E-state index contributed by atoms with van der Waals surface area (Å²) in [5.74, 6) is 0.0548. The first-order chi connectivity index (χ1) is 15.4. The molecule has 0 saturated heterocycles. The Morgan fingerprint density at radius 3 is 2.50 bits per heavy atom. The molecule has 0 unspecified atom stereocenters. The van der Waals surface area contributed by atoms with Gasteiger partial charge in [0.15, 0.2) is 11.5 Å². The van der Waals surface area contributed by atoms with Crippen molar-refractivity contribution >= 4 is 51.4 Å². The van der Waals surface area contributed by atoms with Gasteiger partial charge in [0.2, 0.25) is 0 Å². The number of halogens is 2. The van der Waals surface area contributed by atoms with Gasteiger partial charge in [-0.1, -0.05) is 42.3 Å².